The molecule has 2 fully saturated rings. The van der Waals surface area contributed by atoms with Crippen LogP contribution in [0.4, 0.5) is 5.69 Å². The molecule has 0 radical (unpaired) electrons. The summed E-state index contributed by atoms with van der Waals surface area (Å²) in [6.07, 6.45) is 5.85. The quantitative estimate of drug-likeness (QED) is 0.179. The Morgan fingerprint density at radius 2 is 1.97 bits per heavy atom. The third-order valence-corrected chi connectivity index (χ3v) is 7.53. The maximum atomic E-state index is 12.7. The molecule has 1 saturated carbocycles. The number of nitrogens with zero attached hydrogens (tertiary/aromatic N) is 1. The number of alkyl halides is 1. The Kier molecular flexibility index (Phi) is 8.51. The highest BCUT2D eigenvalue weighted by atomic mass is 35.5. The monoisotopic (exact) mass is 491 g/mol. The normalized spacial score (nSPS) is 32.9. The Morgan fingerprint density at radius 1 is 1.29 bits per heavy atom. The van der Waals surface area contributed by atoms with Crippen LogP contribution < -0.4 is 4.90 Å². The highest BCUT2D eigenvalue weighted by Crippen LogP contribution is 2.54. The van der Waals surface area contributed by atoms with Gasteiger partial charge in [-0.25, -0.2) is 4.79 Å². The molecule has 6 unspecified atom stereocenters. The van der Waals surface area contributed by atoms with Gasteiger partial charge in [0.1, 0.15) is 17.8 Å². The van der Waals surface area contributed by atoms with Gasteiger partial charge in [0.2, 0.25) is 0 Å². The molecule has 0 spiro atoms. The van der Waals surface area contributed by atoms with Gasteiger partial charge in [0.15, 0.2) is 0 Å². The van der Waals surface area contributed by atoms with Gasteiger partial charge in [-0.3, -0.25) is 0 Å². The fraction of sp³-hybridized carbons (Fsp3) is 0.593. The first-order valence-electron chi connectivity index (χ1n) is 11.8. The number of rotatable bonds is 9. The fourth-order valence-electron chi connectivity index (χ4n) is 5.06. The molecule has 0 aromatic heterocycles. The minimum Gasteiger partial charge on any atom is -0.456 e. The van der Waals surface area contributed by atoms with Crippen molar-refractivity contribution in [3.63, 3.8) is 0 Å². The number of halogens is 1. The highest BCUT2D eigenvalue weighted by molar-refractivity contribution is 6.18. The Labute approximate surface area is 208 Å². The Balaban J connectivity index is 1.72. The van der Waals surface area contributed by atoms with E-state index in [4.69, 9.17) is 25.8 Å². The van der Waals surface area contributed by atoms with Gasteiger partial charge in [-0.2, -0.15) is 0 Å². The second kappa shape index (κ2) is 10.8. The number of epoxide rings is 1. The lowest BCUT2D eigenvalue weighted by molar-refractivity contribution is -0.189. The number of esters is 1. The first-order valence-corrected chi connectivity index (χ1v) is 12.4. The minimum atomic E-state index is -1.16. The summed E-state index contributed by atoms with van der Waals surface area (Å²) in [5, 5.41) is 11.4. The molecule has 1 saturated heterocycles. The van der Waals surface area contributed by atoms with Gasteiger partial charge in [-0.05, 0) is 63.8 Å². The van der Waals surface area contributed by atoms with Crippen LogP contribution in [0.3, 0.4) is 0 Å². The molecule has 1 N–H and O–H groups in total. The predicted octanol–water partition coefficient (Wildman–Crippen LogP) is 4.59. The van der Waals surface area contributed by atoms with Crippen LogP contribution >= 0.6 is 11.6 Å². The van der Waals surface area contributed by atoms with Crippen molar-refractivity contribution in [3.05, 3.63) is 47.6 Å². The fourth-order valence-corrected chi connectivity index (χ4v) is 5.36. The second-order valence-electron chi connectivity index (χ2n) is 10.1. The topological polar surface area (TPSA) is 71.5 Å². The lowest BCUT2D eigenvalue weighted by atomic mass is 9.66. The van der Waals surface area contributed by atoms with E-state index in [2.05, 4.69) is 6.08 Å². The summed E-state index contributed by atoms with van der Waals surface area (Å²) >= 11 is 6.25. The molecule has 6 nitrogen and oxygen atoms in total. The highest BCUT2D eigenvalue weighted by Gasteiger charge is 2.67. The number of carbonyl (C=O) groups excluding carboxylic acids is 1. The maximum Gasteiger partial charge on any atom is 0.331 e. The number of allylic oxidation sites excluding steroid dienone is 1. The van der Waals surface area contributed by atoms with Gasteiger partial charge >= 0.3 is 5.97 Å². The first kappa shape index (κ1) is 26.7. The zero-order valence-electron chi connectivity index (χ0n) is 21.1. The Bertz CT molecular complexity index is 910. The van der Waals surface area contributed by atoms with E-state index < -0.39 is 35.3 Å². The molecule has 1 aromatic rings. The van der Waals surface area contributed by atoms with Crippen molar-refractivity contribution in [2.24, 2.45) is 5.92 Å². The summed E-state index contributed by atoms with van der Waals surface area (Å²) in [6, 6.07) is 7.89. The van der Waals surface area contributed by atoms with E-state index in [1.807, 2.05) is 64.0 Å². The summed E-state index contributed by atoms with van der Waals surface area (Å²) in [5.74, 6) is -0.802. The van der Waals surface area contributed by atoms with Crippen molar-refractivity contribution >= 4 is 29.3 Å². The predicted molar refractivity (Wildman–Crippen MR) is 136 cm³/mol. The number of aliphatic hydroxyl groups is 1. The van der Waals surface area contributed by atoms with Gasteiger partial charge in [-0.15, -0.1) is 11.6 Å². The van der Waals surface area contributed by atoms with Crippen LogP contribution in [0.5, 0.6) is 0 Å². The number of anilines is 1. The maximum absolute atomic E-state index is 12.7. The average Bonchev–Trinajstić information content (AvgIpc) is 3.47. The summed E-state index contributed by atoms with van der Waals surface area (Å²) in [5.41, 5.74) is 1.44. The summed E-state index contributed by atoms with van der Waals surface area (Å²) in [4.78, 5) is 14.7. The number of benzene rings is 1. The van der Waals surface area contributed by atoms with Gasteiger partial charge in [0.25, 0.3) is 0 Å². The molecule has 1 aromatic carbocycles. The van der Waals surface area contributed by atoms with Crippen LogP contribution in [-0.2, 0) is 19.0 Å². The smallest absolute Gasteiger partial charge is 0.331 e. The van der Waals surface area contributed by atoms with Gasteiger partial charge in [0.05, 0.1) is 23.5 Å². The Morgan fingerprint density at radius 3 is 2.53 bits per heavy atom. The molecular weight excluding hydrogens is 454 g/mol. The van der Waals surface area contributed by atoms with Crippen LogP contribution in [-0.4, -0.2) is 67.7 Å². The Hall–Kier alpha value is -1.86. The van der Waals surface area contributed by atoms with Gasteiger partial charge in [-0.1, -0.05) is 23.8 Å². The molecule has 3 rings (SSSR count). The lowest BCUT2D eigenvalue weighted by Crippen LogP contribution is -2.61. The lowest BCUT2D eigenvalue weighted by Gasteiger charge is -2.48. The minimum absolute atomic E-state index is 0.0423. The second-order valence-corrected chi connectivity index (χ2v) is 10.3. The number of hydrogen-bond acceptors (Lipinski definition) is 6. The third kappa shape index (κ3) is 5.85. The van der Waals surface area contributed by atoms with Crippen molar-refractivity contribution in [2.75, 3.05) is 32.0 Å². The van der Waals surface area contributed by atoms with E-state index in [0.717, 1.165) is 17.7 Å². The molecule has 1 heterocycles. The van der Waals surface area contributed by atoms with Crippen LogP contribution in [0.25, 0.3) is 6.08 Å². The molecule has 0 amide bonds. The van der Waals surface area contributed by atoms with E-state index in [1.54, 1.807) is 13.2 Å². The molecule has 1 aliphatic heterocycles. The number of hydrogen-bond donors (Lipinski definition) is 1. The zero-order valence-corrected chi connectivity index (χ0v) is 21.8. The van der Waals surface area contributed by atoms with Crippen molar-refractivity contribution in [1.29, 1.82) is 0 Å². The number of ether oxygens (including phenoxy) is 3. The van der Waals surface area contributed by atoms with Crippen LogP contribution in [0.15, 0.2) is 42.0 Å². The zero-order chi connectivity index (χ0) is 25.1. The molecular formula is C27H38ClNO5. The van der Waals surface area contributed by atoms with Crippen LogP contribution in [0.2, 0.25) is 0 Å². The third-order valence-electron chi connectivity index (χ3n) is 7.06. The van der Waals surface area contributed by atoms with Crippen molar-refractivity contribution in [1.82, 2.24) is 0 Å². The van der Waals surface area contributed by atoms with Crippen LogP contribution in [0.1, 0.15) is 45.6 Å². The van der Waals surface area contributed by atoms with Crippen molar-refractivity contribution < 1.29 is 24.1 Å². The average molecular weight is 492 g/mol. The molecule has 1 aliphatic carbocycles. The molecule has 0 bridgehead atoms. The van der Waals surface area contributed by atoms with Crippen molar-refractivity contribution in [2.45, 2.75) is 69.5 Å². The number of carbonyl (C=O) groups is 1. The van der Waals surface area contributed by atoms with E-state index in [-0.39, 0.29) is 12.0 Å². The van der Waals surface area contributed by atoms with E-state index >= 15 is 0 Å². The molecule has 2 aliphatic rings. The van der Waals surface area contributed by atoms with Gasteiger partial charge in [0, 0.05) is 33.0 Å². The SMILES string of the molecule is COC1C(OC(=O)/C=C/c2ccc(N(C)C)cc2)CCC(O)(CCl)C1C1(C)OC1CC=C(C)C. The summed E-state index contributed by atoms with van der Waals surface area (Å²) in [7, 11) is 5.54. The van der Waals surface area contributed by atoms with E-state index in [9.17, 15) is 9.90 Å². The summed E-state index contributed by atoms with van der Waals surface area (Å²) in [6.45, 7) is 6.09. The molecule has 188 valence electrons. The first-order chi connectivity index (χ1) is 16.0. The van der Waals surface area contributed by atoms with E-state index in [0.29, 0.717) is 12.8 Å². The van der Waals surface area contributed by atoms with E-state index in [1.165, 1.54) is 11.6 Å². The molecule has 6 atom stereocenters. The number of methoxy groups -OCH3 is 1. The molecule has 7 heteroatoms. The van der Waals surface area contributed by atoms with Gasteiger partial charge < -0.3 is 24.2 Å². The van der Waals surface area contributed by atoms with Crippen LogP contribution in [0, 0.1) is 5.92 Å². The molecule has 34 heavy (non-hydrogen) atoms. The largest absolute Gasteiger partial charge is 0.456 e. The standard InChI is InChI=1S/C27H38ClNO5/c1-18(2)7-13-22-26(3,34-22)25-24(32-6)21(15-16-27(25,31)17-28)33-23(30)14-10-19-8-11-20(12-9-19)29(4)5/h7-12,14,21-22,24-25,31H,13,15-17H2,1-6H3/b14-10+. The van der Waals surface area contributed by atoms with Crippen molar-refractivity contribution in [3.8, 4) is 0 Å². The summed E-state index contributed by atoms with van der Waals surface area (Å²) < 4.78 is 17.8.